The largest absolute Gasteiger partial charge is 0.494 e. The third-order valence-electron chi connectivity index (χ3n) is 2.44. The molecule has 1 heterocycles. The van der Waals surface area contributed by atoms with E-state index in [1.165, 1.54) is 20.3 Å². The summed E-state index contributed by atoms with van der Waals surface area (Å²) >= 11 is 0.784. The quantitative estimate of drug-likeness (QED) is 0.734. The van der Waals surface area contributed by atoms with E-state index in [4.69, 9.17) is 10.5 Å². The van der Waals surface area contributed by atoms with Gasteiger partial charge in [0.25, 0.3) is 10.0 Å². The molecule has 0 saturated carbocycles. The van der Waals surface area contributed by atoms with E-state index in [1.807, 2.05) is 0 Å². The maximum absolute atomic E-state index is 12.3. The van der Waals surface area contributed by atoms with Crippen LogP contribution in [-0.2, 0) is 14.8 Å². The Morgan fingerprint density at radius 1 is 1.43 bits per heavy atom. The zero-order chi connectivity index (χ0) is 15.6. The van der Waals surface area contributed by atoms with Gasteiger partial charge in [-0.1, -0.05) is 0 Å². The molecule has 7 nitrogen and oxygen atoms in total. The normalized spacial score (nSPS) is 11.7. The Kier molecular flexibility index (Phi) is 7.10. The van der Waals surface area contributed by atoms with E-state index in [1.54, 1.807) is 13.8 Å². The molecule has 0 bridgehead atoms. The third kappa shape index (κ3) is 4.82. The molecule has 0 spiro atoms. The summed E-state index contributed by atoms with van der Waals surface area (Å²) < 4.78 is 36.6. The molecule has 0 saturated heterocycles. The first-order chi connectivity index (χ1) is 9.16. The lowest BCUT2D eigenvalue weighted by Gasteiger charge is -2.23. The van der Waals surface area contributed by atoms with E-state index >= 15 is 0 Å². The number of methoxy groups -OCH3 is 2. The second kappa shape index (κ2) is 7.41. The van der Waals surface area contributed by atoms with Crippen molar-refractivity contribution >= 4 is 39.7 Å². The number of carbonyl (C=O) groups is 1. The van der Waals surface area contributed by atoms with E-state index in [-0.39, 0.29) is 33.8 Å². The molecule has 0 aliphatic carbocycles. The van der Waals surface area contributed by atoms with Crippen molar-refractivity contribution in [2.75, 3.05) is 20.8 Å². The number of carbonyl (C=O) groups excluding carboxylic acids is 1. The number of hydrogen-bond acceptors (Lipinski definition) is 7. The van der Waals surface area contributed by atoms with Gasteiger partial charge < -0.3 is 15.2 Å². The third-order valence-corrected chi connectivity index (χ3v) is 5.75. The Balaban J connectivity index is 0.00000400. The number of ether oxygens (including phenoxy) is 2. The maximum atomic E-state index is 12.3. The number of nitrogens with one attached hydrogen (secondary N) is 1. The van der Waals surface area contributed by atoms with Crippen molar-refractivity contribution in [3.8, 4) is 5.75 Å². The standard InChI is InChI=1S/C11H18N2O5S2.ClH/c1-11(2,6-12)13-20(15,16)10-7(17-3)5-8(19-10)9(14)18-4;/h5,13H,6,12H2,1-4H3;1H. The van der Waals surface area contributed by atoms with Gasteiger partial charge in [-0.05, 0) is 13.8 Å². The molecular formula is C11H19ClN2O5S2. The molecule has 1 aromatic rings. The minimum absolute atomic E-state index is 0. The van der Waals surface area contributed by atoms with E-state index in [9.17, 15) is 13.2 Å². The first-order valence-corrected chi connectivity index (χ1v) is 7.97. The minimum atomic E-state index is -3.84. The Labute approximate surface area is 134 Å². The van der Waals surface area contributed by atoms with Gasteiger partial charge in [-0.25, -0.2) is 17.9 Å². The number of hydrogen-bond donors (Lipinski definition) is 2. The zero-order valence-electron chi connectivity index (χ0n) is 12.1. The number of halogens is 1. The highest BCUT2D eigenvalue weighted by molar-refractivity contribution is 7.91. The summed E-state index contributed by atoms with van der Waals surface area (Å²) in [4.78, 5) is 11.6. The van der Waals surface area contributed by atoms with Crippen LogP contribution in [0.2, 0.25) is 0 Å². The summed E-state index contributed by atoms with van der Waals surface area (Å²) in [6.07, 6.45) is 0. The minimum Gasteiger partial charge on any atom is -0.494 e. The number of sulfonamides is 1. The molecule has 3 N–H and O–H groups in total. The molecule has 0 atom stereocenters. The fourth-order valence-electron chi connectivity index (χ4n) is 1.34. The van der Waals surface area contributed by atoms with Gasteiger partial charge in [-0.3, -0.25) is 0 Å². The Bertz CT molecular complexity index is 598. The van der Waals surface area contributed by atoms with Gasteiger partial charge in [0.1, 0.15) is 4.88 Å². The Morgan fingerprint density at radius 3 is 2.43 bits per heavy atom. The molecule has 0 aliphatic heterocycles. The number of esters is 1. The number of nitrogens with two attached hydrogens (primary N) is 1. The molecule has 0 radical (unpaired) electrons. The van der Waals surface area contributed by atoms with Crippen molar-refractivity contribution in [2.45, 2.75) is 23.6 Å². The average molecular weight is 359 g/mol. The first-order valence-electron chi connectivity index (χ1n) is 5.67. The van der Waals surface area contributed by atoms with Crippen molar-refractivity contribution < 1.29 is 22.7 Å². The summed E-state index contributed by atoms with van der Waals surface area (Å²) in [6.45, 7) is 3.45. The lowest BCUT2D eigenvalue weighted by atomic mass is 10.1. The summed E-state index contributed by atoms with van der Waals surface area (Å²) in [6, 6.07) is 1.33. The number of rotatable bonds is 6. The Morgan fingerprint density at radius 2 is 2.00 bits per heavy atom. The molecule has 122 valence electrons. The van der Waals surface area contributed by atoms with Gasteiger partial charge in [-0.2, -0.15) is 0 Å². The van der Waals surface area contributed by atoms with Crippen LogP contribution in [0, 0.1) is 0 Å². The van der Waals surface area contributed by atoms with Crippen molar-refractivity contribution in [1.82, 2.24) is 4.72 Å². The van der Waals surface area contributed by atoms with Crippen molar-refractivity contribution in [3.05, 3.63) is 10.9 Å². The van der Waals surface area contributed by atoms with Gasteiger partial charge in [-0.15, -0.1) is 23.7 Å². The lowest BCUT2D eigenvalue weighted by Crippen LogP contribution is -2.48. The van der Waals surface area contributed by atoms with Crippen LogP contribution in [0.25, 0.3) is 0 Å². The van der Waals surface area contributed by atoms with Crippen molar-refractivity contribution in [2.24, 2.45) is 5.73 Å². The van der Waals surface area contributed by atoms with Crippen LogP contribution in [-0.4, -0.2) is 40.7 Å². The van der Waals surface area contributed by atoms with Crippen LogP contribution in [0.3, 0.4) is 0 Å². The fourth-order valence-corrected chi connectivity index (χ4v) is 4.26. The van der Waals surface area contributed by atoms with Crippen LogP contribution in [0.5, 0.6) is 5.75 Å². The molecule has 21 heavy (non-hydrogen) atoms. The molecular weight excluding hydrogens is 340 g/mol. The van der Waals surface area contributed by atoms with Gasteiger partial charge >= 0.3 is 5.97 Å². The first kappa shape index (κ1) is 20.1. The van der Waals surface area contributed by atoms with E-state index < -0.39 is 21.5 Å². The molecule has 1 aromatic heterocycles. The number of thiophene rings is 1. The van der Waals surface area contributed by atoms with Gasteiger partial charge in [0, 0.05) is 18.2 Å². The van der Waals surface area contributed by atoms with Crippen molar-refractivity contribution in [1.29, 1.82) is 0 Å². The van der Waals surface area contributed by atoms with Gasteiger partial charge in [0.05, 0.1) is 14.2 Å². The molecule has 10 heteroatoms. The smallest absolute Gasteiger partial charge is 0.348 e. The topological polar surface area (TPSA) is 108 Å². The van der Waals surface area contributed by atoms with E-state index in [2.05, 4.69) is 9.46 Å². The van der Waals surface area contributed by atoms with E-state index in [0.29, 0.717) is 0 Å². The summed E-state index contributed by atoms with van der Waals surface area (Å²) in [5.41, 5.74) is 4.70. The monoisotopic (exact) mass is 358 g/mol. The molecule has 1 rings (SSSR count). The SMILES string of the molecule is COC(=O)c1cc(OC)c(S(=O)(=O)NC(C)(C)CN)s1.Cl. The highest BCUT2D eigenvalue weighted by atomic mass is 35.5. The zero-order valence-corrected chi connectivity index (χ0v) is 14.6. The highest BCUT2D eigenvalue weighted by Crippen LogP contribution is 2.34. The van der Waals surface area contributed by atoms with Gasteiger partial charge in [0.2, 0.25) is 0 Å². The van der Waals surface area contributed by atoms with Crippen LogP contribution in [0.15, 0.2) is 10.3 Å². The average Bonchev–Trinajstić information content (AvgIpc) is 2.81. The predicted molar refractivity (Wildman–Crippen MR) is 82.9 cm³/mol. The van der Waals surface area contributed by atoms with Crippen LogP contribution < -0.4 is 15.2 Å². The molecule has 0 aliphatic rings. The van der Waals surface area contributed by atoms with Crippen LogP contribution >= 0.6 is 23.7 Å². The lowest BCUT2D eigenvalue weighted by molar-refractivity contribution is 0.0606. The second-order valence-electron chi connectivity index (χ2n) is 4.65. The second-order valence-corrected chi connectivity index (χ2v) is 7.58. The van der Waals surface area contributed by atoms with Crippen LogP contribution in [0.4, 0.5) is 0 Å². The fraction of sp³-hybridized carbons (Fsp3) is 0.545. The Hall–Kier alpha value is -0.870. The maximum Gasteiger partial charge on any atom is 0.348 e. The summed E-state index contributed by atoms with van der Waals surface area (Å²) in [5, 5.41) is 0. The van der Waals surface area contributed by atoms with Gasteiger partial charge in [0.15, 0.2) is 9.96 Å². The van der Waals surface area contributed by atoms with Crippen molar-refractivity contribution in [3.63, 3.8) is 0 Å². The molecule has 0 amide bonds. The highest BCUT2D eigenvalue weighted by Gasteiger charge is 2.30. The van der Waals surface area contributed by atoms with Crippen LogP contribution in [0.1, 0.15) is 23.5 Å². The molecule has 0 fully saturated rings. The molecule has 0 aromatic carbocycles. The predicted octanol–water partition coefficient (Wildman–Crippen LogP) is 0.981. The summed E-state index contributed by atoms with van der Waals surface area (Å²) in [5.74, 6) is -0.524. The van der Waals surface area contributed by atoms with E-state index in [0.717, 1.165) is 11.3 Å². The summed E-state index contributed by atoms with van der Waals surface area (Å²) in [7, 11) is -1.29. The molecule has 0 unspecified atom stereocenters.